The van der Waals surface area contributed by atoms with Crippen LogP contribution in [0.1, 0.15) is 5.56 Å². The molecule has 2 aromatic heterocycles. The van der Waals surface area contributed by atoms with Gasteiger partial charge in [-0.25, -0.2) is 4.98 Å². The van der Waals surface area contributed by atoms with E-state index in [4.69, 9.17) is 4.74 Å². The van der Waals surface area contributed by atoms with Gasteiger partial charge in [-0.2, -0.15) is 5.10 Å². The van der Waals surface area contributed by atoms with Gasteiger partial charge in [0.15, 0.2) is 0 Å². The molecule has 6 heteroatoms. The van der Waals surface area contributed by atoms with Crippen LogP contribution in [-0.4, -0.2) is 46.3 Å². The Kier molecular flexibility index (Phi) is 4.71. The fourth-order valence-electron chi connectivity index (χ4n) is 3.71. The number of benzene rings is 2. The Balaban J connectivity index is 1.28. The second-order valence-electron chi connectivity index (χ2n) is 7.48. The summed E-state index contributed by atoms with van der Waals surface area (Å²) in [5, 5.41) is 12.6. The molecule has 1 saturated heterocycles. The van der Waals surface area contributed by atoms with Gasteiger partial charge in [-0.05, 0) is 53.7 Å². The van der Waals surface area contributed by atoms with Gasteiger partial charge in [-0.1, -0.05) is 18.2 Å². The topological polar surface area (TPSA) is 66.1 Å². The number of H-pyrrole nitrogens is 1. The third-order valence-electron chi connectivity index (χ3n) is 5.42. The Morgan fingerprint density at radius 3 is 2.69 bits per heavy atom. The number of rotatable bonds is 6. The monoisotopic (exact) mass is 385 g/mol. The SMILES string of the molecule is CNC1CN(Cc2ccc3cc(Oc4ccc(-c5ccn[nH]5)cn4)ccc3c2)C1. The van der Waals surface area contributed by atoms with Crippen molar-refractivity contribution in [2.45, 2.75) is 12.6 Å². The maximum absolute atomic E-state index is 5.95. The first kappa shape index (κ1) is 17.8. The number of aromatic nitrogens is 3. The Hall–Kier alpha value is -3.22. The van der Waals surface area contributed by atoms with Crippen LogP contribution >= 0.6 is 0 Å². The summed E-state index contributed by atoms with van der Waals surface area (Å²) in [6, 6.07) is 19.2. The Labute approximate surface area is 169 Å². The number of likely N-dealkylation sites (N-methyl/N-ethyl adjacent to an activating group) is 1. The van der Waals surface area contributed by atoms with Crippen LogP contribution in [-0.2, 0) is 6.54 Å². The average Bonchev–Trinajstić information content (AvgIpc) is 3.26. The zero-order valence-corrected chi connectivity index (χ0v) is 16.3. The van der Waals surface area contributed by atoms with E-state index in [-0.39, 0.29) is 0 Å². The second kappa shape index (κ2) is 7.66. The molecular formula is C23H23N5O. The Bertz CT molecular complexity index is 1100. The lowest BCUT2D eigenvalue weighted by atomic mass is 10.0. The molecule has 2 aromatic carbocycles. The minimum Gasteiger partial charge on any atom is -0.439 e. The van der Waals surface area contributed by atoms with Crippen LogP contribution in [0.3, 0.4) is 0 Å². The van der Waals surface area contributed by atoms with E-state index in [0.29, 0.717) is 11.9 Å². The zero-order valence-electron chi connectivity index (χ0n) is 16.3. The zero-order chi connectivity index (χ0) is 19.6. The molecule has 1 fully saturated rings. The van der Waals surface area contributed by atoms with Gasteiger partial charge in [-0.3, -0.25) is 10.00 Å². The summed E-state index contributed by atoms with van der Waals surface area (Å²) in [6.07, 6.45) is 3.51. The summed E-state index contributed by atoms with van der Waals surface area (Å²) in [5.41, 5.74) is 3.26. The van der Waals surface area contributed by atoms with Crippen molar-refractivity contribution in [1.29, 1.82) is 0 Å². The van der Waals surface area contributed by atoms with Gasteiger partial charge in [0.2, 0.25) is 5.88 Å². The molecule has 0 amide bonds. The quantitative estimate of drug-likeness (QED) is 0.528. The molecule has 29 heavy (non-hydrogen) atoms. The van der Waals surface area contributed by atoms with Crippen LogP contribution in [0.5, 0.6) is 11.6 Å². The molecule has 2 N–H and O–H groups in total. The molecule has 0 unspecified atom stereocenters. The van der Waals surface area contributed by atoms with Crippen molar-refractivity contribution in [3.05, 3.63) is 72.6 Å². The van der Waals surface area contributed by atoms with E-state index in [9.17, 15) is 0 Å². The van der Waals surface area contributed by atoms with Crippen LogP contribution in [0, 0.1) is 0 Å². The summed E-state index contributed by atoms with van der Waals surface area (Å²) in [6.45, 7) is 3.24. The van der Waals surface area contributed by atoms with Gasteiger partial charge in [0.05, 0.1) is 5.69 Å². The molecule has 0 bridgehead atoms. The highest BCUT2D eigenvalue weighted by molar-refractivity contribution is 5.84. The third-order valence-corrected chi connectivity index (χ3v) is 5.42. The van der Waals surface area contributed by atoms with Gasteiger partial charge in [0.1, 0.15) is 5.75 Å². The summed E-state index contributed by atoms with van der Waals surface area (Å²) >= 11 is 0. The predicted octanol–water partition coefficient (Wildman–Crippen LogP) is 3.82. The fraction of sp³-hybridized carbons (Fsp3) is 0.217. The first-order valence-corrected chi connectivity index (χ1v) is 9.83. The maximum Gasteiger partial charge on any atom is 0.219 e. The van der Waals surface area contributed by atoms with Crippen molar-refractivity contribution in [2.24, 2.45) is 0 Å². The number of hydrogen-bond acceptors (Lipinski definition) is 5. The largest absolute Gasteiger partial charge is 0.439 e. The number of likely N-dealkylation sites (tertiary alicyclic amines) is 1. The van der Waals surface area contributed by atoms with Gasteiger partial charge >= 0.3 is 0 Å². The molecule has 4 aromatic rings. The third kappa shape index (κ3) is 3.85. The Morgan fingerprint density at radius 2 is 1.93 bits per heavy atom. The van der Waals surface area contributed by atoms with Crippen molar-refractivity contribution in [2.75, 3.05) is 20.1 Å². The van der Waals surface area contributed by atoms with Gasteiger partial charge in [0.25, 0.3) is 0 Å². The van der Waals surface area contributed by atoms with Crippen molar-refractivity contribution < 1.29 is 4.74 Å². The molecule has 5 rings (SSSR count). The van der Waals surface area contributed by atoms with Crippen LogP contribution < -0.4 is 10.1 Å². The standard InChI is InChI=1S/C23H23N5O/c1-24-20-14-28(15-20)13-16-2-3-18-11-21(6-4-17(18)10-16)29-23-7-5-19(12-25-23)22-8-9-26-27-22/h2-12,20,24H,13-15H2,1H3,(H,26,27). The molecule has 0 aliphatic carbocycles. The number of fused-ring (bicyclic) bond motifs is 1. The van der Waals surface area contributed by atoms with Crippen LogP contribution in [0.15, 0.2) is 67.0 Å². The fourth-order valence-corrected chi connectivity index (χ4v) is 3.71. The van der Waals surface area contributed by atoms with E-state index < -0.39 is 0 Å². The van der Waals surface area contributed by atoms with Crippen molar-refractivity contribution in [3.8, 4) is 22.9 Å². The molecule has 0 spiro atoms. The van der Waals surface area contributed by atoms with Gasteiger partial charge < -0.3 is 10.1 Å². The van der Waals surface area contributed by atoms with E-state index in [2.05, 4.69) is 55.7 Å². The normalized spacial score (nSPS) is 14.8. The Morgan fingerprint density at radius 1 is 1.07 bits per heavy atom. The molecule has 146 valence electrons. The number of ether oxygens (including phenoxy) is 1. The van der Waals surface area contributed by atoms with E-state index in [1.54, 1.807) is 12.4 Å². The van der Waals surface area contributed by atoms with Crippen LogP contribution in [0.4, 0.5) is 0 Å². The summed E-state index contributed by atoms with van der Waals surface area (Å²) < 4.78 is 5.95. The summed E-state index contributed by atoms with van der Waals surface area (Å²) in [5.74, 6) is 1.35. The number of nitrogens with zero attached hydrogens (tertiary/aromatic N) is 3. The average molecular weight is 385 g/mol. The lowest BCUT2D eigenvalue weighted by Gasteiger charge is -2.39. The molecule has 1 aliphatic heterocycles. The number of hydrogen-bond donors (Lipinski definition) is 2. The smallest absolute Gasteiger partial charge is 0.219 e. The van der Waals surface area contributed by atoms with Crippen LogP contribution in [0.25, 0.3) is 22.0 Å². The van der Waals surface area contributed by atoms with E-state index in [0.717, 1.165) is 42.0 Å². The highest BCUT2D eigenvalue weighted by atomic mass is 16.5. The minimum absolute atomic E-state index is 0.570. The summed E-state index contributed by atoms with van der Waals surface area (Å²) in [7, 11) is 2.03. The lowest BCUT2D eigenvalue weighted by Crippen LogP contribution is -2.56. The first-order chi connectivity index (χ1) is 14.3. The van der Waals surface area contributed by atoms with Crippen molar-refractivity contribution in [1.82, 2.24) is 25.4 Å². The highest BCUT2D eigenvalue weighted by Crippen LogP contribution is 2.27. The molecule has 1 aliphatic rings. The summed E-state index contributed by atoms with van der Waals surface area (Å²) in [4.78, 5) is 6.86. The molecule has 6 nitrogen and oxygen atoms in total. The van der Waals surface area contributed by atoms with E-state index in [1.165, 1.54) is 10.9 Å². The highest BCUT2D eigenvalue weighted by Gasteiger charge is 2.24. The first-order valence-electron chi connectivity index (χ1n) is 9.83. The molecule has 0 atom stereocenters. The van der Waals surface area contributed by atoms with Crippen LogP contribution in [0.2, 0.25) is 0 Å². The van der Waals surface area contributed by atoms with Gasteiger partial charge in [0, 0.05) is 49.7 Å². The lowest BCUT2D eigenvalue weighted by molar-refractivity contribution is 0.124. The van der Waals surface area contributed by atoms with Crippen molar-refractivity contribution in [3.63, 3.8) is 0 Å². The molecule has 0 saturated carbocycles. The minimum atomic E-state index is 0.570. The number of pyridine rings is 1. The van der Waals surface area contributed by atoms with Gasteiger partial charge in [-0.15, -0.1) is 0 Å². The number of aromatic amines is 1. The molecular weight excluding hydrogens is 362 g/mol. The van der Waals surface area contributed by atoms with E-state index in [1.807, 2.05) is 31.3 Å². The maximum atomic E-state index is 5.95. The van der Waals surface area contributed by atoms with E-state index >= 15 is 0 Å². The molecule has 0 radical (unpaired) electrons. The van der Waals surface area contributed by atoms with Crippen molar-refractivity contribution >= 4 is 10.8 Å². The number of nitrogens with one attached hydrogen (secondary N) is 2. The second-order valence-corrected chi connectivity index (χ2v) is 7.48. The predicted molar refractivity (Wildman–Crippen MR) is 114 cm³/mol. The molecule has 3 heterocycles.